The number of hydrogen-bond donors (Lipinski definition) is 3. The number of alkyl halides is 1. The normalized spacial score (nSPS) is 13.4. The molecule has 0 radical (unpaired) electrons. The van der Waals surface area contributed by atoms with E-state index in [1.54, 1.807) is 12.1 Å². The monoisotopic (exact) mass is 264 g/mol. The Bertz CT molecular complexity index is 433. The highest BCUT2D eigenvalue weighted by Gasteiger charge is 2.18. The van der Waals surface area contributed by atoms with E-state index in [0.717, 1.165) is 0 Å². The fourth-order valence-electron chi connectivity index (χ4n) is 1.15. The molecule has 1 atom stereocenters. The summed E-state index contributed by atoms with van der Waals surface area (Å²) < 4.78 is 23.5. The quantitative estimate of drug-likeness (QED) is 0.405. The molecule has 0 bridgehead atoms. The molecular weight excluding hydrogens is 252 g/mol. The maximum absolute atomic E-state index is 11.7. The van der Waals surface area contributed by atoms with Crippen LogP contribution in [0.5, 0.6) is 0 Å². The molecule has 0 saturated heterocycles. The number of anilines is 1. The highest BCUT2D eigenvalue weighted by Crippen LogP contribution is 2.15. The lowest BCUT2D eigenvalue weighted by Crippen LogP contribution is -2.22. The number of aliphatic hydroxyl groups excluding tert-OH is 1. The maximum atomic E-state index is 11.7. The number of hydrogen-bond acceptors (Lipinski definition) is 5. The molecule has 0 aliphatic carbocycles. The Kier molecular flexibility index (Phi) is 4.55. The molecule has 90 valence electrons. The first-order valence-corrected chi connectivity index (χ1v) is 6.71. The van der Waals surface area contributed by atoms with Crippen molar-refractivity contribution in [1.29, 1.82) is 0 Å². The van der Waals surface area contributed by atoms with Crippen molar-refractivity contribution in [3.8, 4) is 0 Å². The van der Waals surface area contributed by atoms with Crippen molar-refractivity contribution in [3.05, 3.63) is 24.3 Å². The molecular formula is C9H13ClN2O3S. The third kappa shape index (κ3) is 3.34. The standard InChI is InChI=1S/C9H13ClN2O3S/c10-5-8(13)6-16(14,15)9-3-1-7(12-11)2-4-9/h1-4,8,12-13H,5-6,11H2. The Morgan fingerprint density at radius 2 is 1.94 bits per heavy atom. The minimum Gasteiger partial charge on any atom is -0.391 e. The Hall–Kier alpha value is -0.820. The summed E-state index contributed by atoms with van der Waals surface area (Å²) in [7, 11) is -3.50. The summed E-state index contributed by atoms with van der Waals surface area (Å²) in [6.07, 6.45) is -1.06. The Balaban J connectivity index is 2.90. The van der Waals surface area contributed by atoms with E-state index in [-0.39, 0.29) is 16.5 Å². The van der Waals surface area contributed by atoms with Crippen LogP contribution < -0.4 is 11.3 Å². The van der Waals surface area contributed by atoms with Gasteiger partial charge in [-0.3, -0.25) is 5.84 Å². The zero-order valence-corrected chi connectivity index (χ0v) is 10.0. The second-order valence-electron chi connectivity index (χ2n) is 3.26. The van der Waals surface area contributed by atoms with E-state index < -0.39 is 15.9 Å². The largest absolute Gasteiger partial charge is 0.391 e. The smallest absolute Gasteiger partial charge is 0.180 e. The fourth-order valence-corrected chi connectivity index (χ4v) is 2.76. The molecule has 5 nitrogen and oxygen atoms in total. The molecule has 1 aromatic rings. The van der Waals surface area contributed by atoms with Gasteiger partial charge >= 0.3 is 0 Å². The molecule has 0 fully saturated rings. The summed E-state index contributed by atoms with van der Waals surface area (Å²) in [4.78, 5) is 0.135. The third-order valence-corrected chi connectivity index (χ3v) is 4.14. The number of nitrogens with two attached hydrogens (primary N) is 1. The highest BCUT2D eigenvalue weighted by molar-refractivity contribution is 7.91. The SMILES string of the molecule is NNc1ccc(S(=O)(=O)CC(O)CCl)cc1. The Morgan fingerprint density at radius 3 is 2.38 bits per heavy atom. The number of aliphatic hydroxyl groups is 1. The second-order valence-corrected chi connectivity index (χ2v) is 5.60. The molecule has 1 unspecified atom stereocenters. The van der Waals surface area contributed by atoms with Crippen LogP contribution in [0.1, 0.15) is 0 Å². The van der Waals surface area contributed by atoms with Crippen molar-refractivity contribution in [2.24, 2.45) is 5.84 Å². The number of benzene rings is 1. The predicted octanol–water partition coefficient (Wildman–Crippen LogP) is 0.346. The Morgan fingerprint density at radius 1 is 1.38 bits per heavy atom. The number of sulfone groups is 1. The van der Waals surface area contributed by atoms with Crippen molar-refractivity contribution in [2.45, 2.75) is 11.0 Å². The van der Waals surface area contributed by atoms with Gasteiger partial charge in [-0.25, -0.2) is 8.42 Å². The van der Waals surface area contributed by atoms with E-state index in [2.05, 4.69) is 5.43 Å². The van der Waals surface area contributed by atoms with Gasteiger partial charge in [0, 0.05) is 11.6 Å². The zero-order chi connectivity index (χ0) is 12.2. The van der Waals surface area contributed by atoms with Gasteiger partial charge in [-0.15, -0.1) is 11.6 Å². The molecule has 1 aromatic carbocycles. The van der Waals surface area contributed by atoms with Crippen LogP contribution in [0.4, 0.5) is 5.69 Å². The summed E-state index contributed by atoms with van der Waals surface area (Å²) in [5.41, 5.74) is 3.00. The van der Waals surface area contributed by atoms with Crippen LogP contribution in [0.2, 0.25) is 0 Å². The molecule has 0 aliphatic rings. The van der Waals surface area contributed by atoms with Gasteiger partial charge in [0.15, 0.2) is 9.84 Å². The highest BCUT2D eigenvalue weighted by atomic mass is 35.5. The van der Waals surface area contributed by atoms with Crippen molar-refractivity contribution >= 4 is 27.1 Å². The zero-order valence-electron chi connectivity index (χ0n) is 8.43. The molecule has 0 heterocycles. The van der Waals surface area contributed by atoms with Crippen LogP contribution in [-0.4, -0.2) is 31.3 Å². The van der Waals surface area contributed by atoms with Gasteiger partial charge in [0.25, 0.3) is 0 Å². The van der Waals surface area contributed by atoms with Crippen molar-refractivity contribution < 1.29 is 13.5 Å². The van der Waals surface area contributed by atoms with Gasteiger partial charge in [-0.05, 0) is 24.3 Å². The molecule has 16 heavy (non-hydrogen) atoms. The van der Waals surface area contributed by atoms with Gasteiger partial charge in [-0.1, -0.05) is 0 Å². The maximum Gasteiger partial charge on any atom is 0.180 e. The van der Waals surface area contributed by atoms with Crippen LogP contribution in [0.15, 0.2) is 29.2 Å². The molecule has 7 heteroatoms. The molecule has 0 aliphatic heterocycles. The van der Waals surface area contributed by atoms with Crippen molar-refractivity contribution in [2.75, 3.05) is 17.1 Å². The van der Waals surface area contributed by atoms with Crippen LogP contribution >= 0.6 is 11.6 Å². The van der Waals surface area contributed by atoms with E-state index >= 15 is 0 Å². The van der Waals surface area contributed by atoms with Crippen LogP contribution in [0, 0.1) is 0 Å². The number of halogens is 1. The molecule has 1 rings (SSSR count). The minimum absolute atomic E-state index is 0.109. The van der Waals surface area contributed by atoms with Gasteiger partial charge in [0.1, 0.15) is 0 Å². The second kappa shape index (κ2) is 5.49. The van der Waals surface area contributed by atoms with E-state index in [0.29, 0.717) is 5.69 Å². The lowest BCUT2D eigenvalue weighted by molar-refractivity contribution is 0.221. The average molecular weight is 265 g/mol. The van der Waals surface area contributed by atoms with Gasteiger partial charge in [0.2, 0.25) is 0 Å². The van der Waals surface area contributed by atoms with Crippen molar-refractivity contribution in [3.63, 3.8) is 0 Å². The fraction of sp³-hybridized carbons (Fsp3) is 0.333. The average Bonchev–Trinajstić information content (AvgIpc) is 2.28. The molecule has 0 aromatic heterocycles. The van der Waals surface area contributed by atoms with Crippen molar-refractivity contribution in [1.82, 2.24) is 0 Å². The van der Waals surface area contributed by atoms with Crippen LogP contribution in [-0.2, 0) is 9.84 Å². The Labute approximate surface area is 99.1 Å². The van der Waals surface area contributed by atoms with Gasteiger partial charge < -0.3 is 10.5 Å². The first-order chi connectivity index (χ1) is 7.49. The number of hydrazine groups is 1. The molecule has 0 saturated carbocycles. The molecule has 4 N–H and O–H groups in total. The predicted molar refractivity (Wildman–Crippen MR) is 63.0 cm³/mol. The number of nitrogen functional groups attached to an aromatic ring is 1. The third-order valence-electron chi connectivity index (χ3n) is 1.97. The first-order valence-electron chi connectivity index (χ1n) is 4.53. The van der Waals surface area contributed by atoms with E-state index in [9.17, 15) is 13.5 Å². The summed E-state index contributed by atoms with van der Waals surface area (Å²) in [6.45, 7) is 0. The van der Waals surface area contributed by atoms with Crippen LogP contribution in [0.25, 0.3) is 0 Å². The topological polar surface area (TPSA) is 92.4 Å². The minimum atomic E-state index is -3.50. The lowest BCUT2D eigenvalue weighted by Gasteiger charge is -2.08. The van der Waals surface area contributed by atoms with Gasteiger partial charge in [0.05, 0.1) is 16.8 Å². The van der Waals surface area contributed by atoms with E-state index in [1.807, 2.05) is 0 Å². The number of nitrogens with one attached hydrogen (secondary N) is 1. The molecule has 0 spiro atoms. The van der Waals surface area contributed by atoms with Gasteiger partial charge in [-0.2, -0.15) is 0 Å². The van der Waals surface area contributed by atoms with Crippen LogP contribution in [0.3, 0.4) is 0 Å². The summed E-state index contributed by atoms with van der Waals surface area (Å²) in [5.74, 6) is 4.66. The summed E-state index contributed by atoms with van der Waals surface area (Å²) >= 11 is 5.35. The van der Waals surface area contributed by atoms with E-state index in [4.69, 9.17) is 17.4 Å². The number of rotatable bonds is 5. The summed E-state index contributed by atoms with van der Waals surface area (Å²) in [5, 5.41) is 9.21. The lowest BCUT2D eigenvalue weighted by atomic mass is 10.3. The van der Waals surface area contributed by atoms with E-state index in [1.165, 1.54) is 12.1 Å². The molecule has 0 amide bonds. The summed E-state index contributed by atoms with van der Waals surface area (Å²) in [6, 6.07) is 5.93. The first kappa shape index (κ1) is 13.2.